The van der Waals surface area contributed by atoms with Crippen LogP contribution in [0, 0.1) is 5.41 Å². The molecule has 192 valence electrons. The fourth-order valence-electron chi connectivity index (χ4n) is 5.02. The Morgan fingerprint density at radius 2 is 1.86 bits per heavy atom. The first-order chi connectivity index (χ1) is 17.2. The minimum Gasteiger partial charge on any atom is -0.511 e. The molecule has 0 atom stereocenters. The number of Topliss-reactive ketones (excluding diaryl/α,β-unsaturated/α-hetero) is 2. The summed E-state index contributed by atoms with van der Waals surface area (Å²) in [6.07, 6.45) is 4.03. The highest BCUT2D eigenvalue weighted by molar-refractivity contribution is 6.24. The van der Waals surface area contributed by atoms with Gasteiger partial charge in [0, 0.05) is 44.4 Å². The van der Waals surface area contributed by atoms with Crippen molar-refractivity contribution in [2.24, 2.45) is 10.4 Å². The summed E-state index contributed by atoms with van der Waals surface area (Å²) in [4.78, 5) is 30.1. The quantitative estimate of drug-likeness (QED) is 0.405. The number of aliphatic imine (C=N–C) groups is 1. The van der Waals surface area contributed by atoms with Gasteiger partial charge in [-0.2, -0.15) is 0 Å². The second-order valence-electron chi connectivity index (χ2n) is 10.2. The Hall–Kier alpha value is -3.42. The number of rotatable bonds is 8. The molecule has 0 saturated heterocycles. The minimum atomic E-state index is -0.151. The van der Waals surface area contributed by atoms with Gasteiger partial charge in [0.2, 0.25) is 0 Å². The highest BCUT2D eigenvalue weighted by Gasteiger charge is 2.36. The number of fused-ring (bicyclic) bond motifs is 1. The highest BCUT2D eigenvalue weighted by atomic mass is 16.5. The molecule has 1 aromatic carbocycles. The van der Waals surface area contributed by atoms with Gasteiger partial charge in [0.25, 0.3) is 0 Å². The molecule has 4 rings (SSSR count). The van der Waals surface area contributed by atoms with Crippen molar-refractivity contribution in [3.8, 4) is 11.5 Å². The first-order valence-corrected chi connectivity index (χ1v) is 12.4. The third-order valence-electron chi connectivity index (χ3n) is 6.81. The zero-order valence-corrected chi connectivity index (χ0v) is 21.5. The lowest BCUT2D eigenvalue weighted by Gasteiger charge is -2.26. The van der Waals surface area contributed by atoms with Crippen LogP contribution in [0.2, 0.25) is 0 Å². The molecule has 1 N–H and O–H groups in total. The molecule has 0 unspecified atom stereocenters. The lowest BCUT2D eigenvalue weighted by Crippen LogP contribution is -2.26. The summed E-state index contributed by atoms with van der Waals surface area (Å²) >= 11 is 0. The van der Waals surface area contributed by atoms with Crippen LogP contribution in [0.1, 0.15) is 73.3 Å². The number of hydrogen-bond donors (Lipinski definition) is 1. The van der Waals surface area contributed by atoms with Crippen molar-refractivity contribution in [1.29, 1.82) is 0 Å². The predicted octanol–water partition coefficient (Wildman–Crippen LogP) is 5.03. The van der Waals surface area contributed by atoms with Crippen molar-refractivity contribution < 1.29 is 28.7 Å². The van der Waals surface area contributed by atoms with E-state index in [1.165, 1.54) is 0 Å². The molecule has 2 aliphatic rings. The maximum Gasteiger partial charge on any atom is 0.168 e. The molecule has 1 heterocycles. The van der Waals surface area contributed by atoms with Gasteiger partial charge in [-0.15, -0.1) is 0 Å². The Kier molecular flexibility index (Phi) is 7.62. The van der Waals surface area contributed by atoms with E-state index in [1.54, 1.807) is 14.2 Å². The summed E-state index contributed by atoms with van der Waals surface area (Å²) in [5.74, 6) is 1.87. The molecule has 1 fully saturated rings. The summed E-state index contributed by atoms with van der Waals surface area (Å²) in [6, 6.07) is 5.74. The van der Waals surface area contributed by atoms with Crippen molar-refractivity contribution in [3.63, 3.8) is 0 Å². The average molecular weight is 495 g/mol. The van der Waals surface area contributed by atoms with E-state index >= 15 is 0 Å². The maximum atomic E-state index is 12.7. The number of benzene rings is 1. The van der Waals surface area contributed by atoms with Crippen molar-refractivity contribution in [2.75, 3.05) is 20.8 Å². The monoisotopic (exact) mass is 494 g/mol. The SMILES string of the molecule is COc1ccc(CCN=C2CCCC(=O)C2=C(O)CCc2noc3c2C(=O)CC(C)(C)C3)cc1OC. The molecule has 8 heteroatoms. The van der Waals surface area contributed by atoms with Crippen molar-refractivity contribution in [3.05, 3.63) is 52.1 Å². The third-order valence-corrected chi connectivity index (χ3v) is 6.81. The molecular weight excluding hydrogens is 460 g/mol. The van der Waals surface area contributed by atoms with E-state index < -0.39 is 0 Å². The number of carbonyl (C=O) groups is 2. The van der Waals surface area contributed by atoms with E-state index in [4.69, 9.17) is 19.0 Å². The number of methoxy groups -OCH3 is 2. The Morgan fingerprint density at radius 3 is 2.61 bits per heavy atom. The number of aryl methyl sites for hydroxylation is 1. The lowest BCUT2D eigenvalue weighted by atomic mass is 9.76. The van der Waals surface area contributed by atoms with Crippen LogP contribution in [0.25, 0.3) is 0 Å². The van der Waals surface area contributed by atoms with Gasteiger partial charge in [0.15, 0.2) is 23.1 Å². The molecule has 36 heavy (non-hydrogen) atoms. The number of nitrogens with zero attached hydrogens (tertiary/aromatic N) is 2. The molecule has 1 aromatic heterocycles. The zero-order chi connectivity index (χ0) is 25.9. The predicted molar refractivity (Wildman–Crippen MR) is 135 cm³/mol. The largest absolute Gasteiger partial charge is 0.511 e. The smallest absolute Gasteiger partial charge is 0.168 e. The molecule has 0 radical (unpaired) electrons. The molecule has 8 nitrogen and oxygen atoms in total. The molecule has 0 spiro atoms. The van der Waals surface area contributed by atoms with E-state index in [9.17, 15) is 14.7 Å². The van der Waals surface area contributed by atoms with E-state index in [-0.39, 0.29) is 29.2 Å². The Morgan fingerprint density at radius 1 is 1.08 bits per heavy atom. The standard InChI is InChI=1S/C28H34N2O6/c1-28(2)15-22(33)27-19(30-36-25(27)16-28)9-10-21(32)26-18(6-5-7-20(26)31)29-13-12-17-8-11-23(34-3)24(14-17)35-4/h8,11,14,32H,5-7,9-10,12-13,15-16H2,1-4H3. The van der Waals surface area contributed by atoms with Crippen LogP contribution in [-0.2, 0) is 24.1 Å². The highest BCUT2D eigenvalue weighted by Crippen LogP contribution is 2.36. The molecule has 2 aromatic rings. The first kappa shape index (κ1) is 25.7. The van der Waals surface area contributed by atoms with Gasteiger partial charge in [0.1, 0.15) is 11.5 Å². The molecule has 2 aliphatic carbocycles. The molecular formula is C28H34N2O6. The second kappa shape index (κ2) is 10.7. The first-order valence-electron chi connectivity index (χ1n) is 12.4. The van der Waals surface area contributed by atoms with Crippen molar-refractivity contribution in [1.82, 2.24) is 5.16 Å². The number of aliphatic hydroxyl groups is 1. The summed E-state index contributed by atoms with van der Waals surface area (Å²) < 4.78 is 16.1. The minimum absolute atomic E-state index is 0.00454. The van der Waals surface area contributed by atoms with Crippen LogP contribution in [0.4, 0.5) is 0 Å². The number of carbonyl (C=O) groups excluding carboxylic acids is 2. The fourth-order valence-corrected chi connectivity index (χ4v) is 5.02. The zero-order valence-electron chi connectivity index (χ0n) is 21.5. The lowest BCUT2D eigenvalue weighted by molar-refractivity contribution is -0.115. The Balaban J connectivity index is 1.47. The summed E-state index contributed by atoms with van der Waals surface area (Å²) in [5.41, 5.74) is 2.95. The van der Waals surface area contributed by atoms with Gasteiger partial charge in [-0.25, -0.2) is 0 Å². The second-order valence-corrected chi connectivity index (χ2v) is 10.2. The summed E-state index contributed by atoms with van der Waals surface area (Å²) in [7, 11) is 3.20. The van der Waals surface area contributed by atoms with Gasteiger partial charge >= 0.3 is 0 Å². The van der Waals surface area contributed by atoms with Gasteiger partial charge in [-0.3, -0.25) is 14.6 Å². The van der Waals surface area contributed by atoms with Crippen LogP contribution in [0.5, 0.6) is 11.5 Å². The molecule has 1 saturated carbocycles. The van der Waals surface area contributed by atoms with Gasteiger partial charge in [-0.1, -0.05) is 25.1 Å². The van der Waals surface area contributed by atoms with Crippen LogP contribution < -0.4 is 9.47 Å². The van der Waals surface area contributed by atoms with E-state index in [0.29, 0.717) is 91.3 Å². The summed E-state index contributed by atoms with van der Waals surface area (Å²) in [6.45, 7) is 4.55. The molecule has 0 amide bonds. The molecule has 0 aliphatic heterocycles. The van der Waals surface area contributed by atoms with E-state index in [0.717, 1.165) is 5.56 Å². The molecule has 0 bridgehead atoms. The topological polar surface area (TPSA) is 111 Å². The van der Waals surface area contributed by atoms with Crippen LogP contribution in [-0.4, -0.2) is 48.3 Å². The number of aliphatic hydroxyl groups excluding tert-OH is 1. The van der Waals surface area contributed by atoms with Crippen LogP contribution in [0.15, 0.2) is 39.0 Å². The maximum absolute atomic E-state index is 12.7. The van der Waals surface area contributed by atoms with Gasteiger partial charge in [0.05, 0.1) is 31.1 Å². The van der Waals surface area contributed by atoms with Crippen LogP contribution in [0.3, 0.4) is 0 Å². The number of ketones is 2. The average Bonchev–Trinajstić information content (AvgIpc) is 3.24. The van der Waals surface area contributed by atoms with Crippen molar-refractivity contribution in [2.45, 2.75) is 65.2 Å². The van der Waals surface area contributed by atoms with E-state index in [1.807, 2.05) is 32.0 Å². The van der Waals surface area contributed by atoms with Gasteiger partial charge < -0.3 is 19.1 Å². The summed E-state index contributed by atoms with van der Waals surface area (Å²) in [5, 5.41) is 15.0. The van der Waals surface area contributed by atoms with Crippen LogP contribution >= 0.6 is 0 Å². The number of aromatic nitrogens is 1. The van der Waals surface area contributed by atoms with Gasteiger partial charge in [-0.05, 0) is 42.4 Å². The Bertz CT molecular complexity index is 1220. The normalized spacial score (nSPS) is 19.8. The van der Waals surface area contributed by atoms with E-state index in [2.05, 4.69) is 5.16 Å². The third kappa shape index (κ3) is 5.53. The number of ether oxygens (including phenoxy) is 2. The van der Waals surface area contributed by atoms with Crippen molar-refractivity contribution >= 4 is 17.3 Å². The number of allylic oxidation sites excluding steroid dienone is 2. The fraction of sp³-hybridized carbons (Fsp3) is 0.500. The Labute approximate surface area is 211 Å². The number of hydrogen-bond acceptors (Lipinski definition) is 8.